The Morgan fingerprint density at radius 1 is 1.23 bits per heavy atom. The van der Waals surface area contributed by atoms with Crippen molar-refractivity contribution in [2.75, 3.05) is 12.4 Å². The predicted molar refractivity (Wildman–Crippen MR) is 119 cm³/mol. The number of hydrogen-bond acceptors (Lipinski definition) is 4. The molecule has 2 aromatic carbocycles. The van der Waals surface area contributed by atoms with Gasteiger partial charge in [-0.15, -0.1) is 0 Å². The summed E-state index contributed by atoms with van der Waals surface area (Å²) in [5, 5.41) is 17.6. The van der Waals surface area contributed by atoms with E-state index in [1.54, 1.807) is 43.3 Å². The number of halogens is 3. The minimum atomic E-state index is -0.607. The van der Waals surface area contributed by atoms with Crippen LogP contribution in [0.3, 0.4) is 0 Å². The molecule has 9 heteroatoms. The SMILES string of the molecule is COc1ccc(NC(=O)C(C#N)=Cc2c(C)nn(-c3cccc(Cl)c3)c2Cl)cc1Cl. The van der Waals surface area contributed by atoms with E-state index in [1.807, 2.05) is 6.07 Å². The van der Waals surface area contributed by atoms with E-state index in [0.717, 1.165) is 0 Å². The zero-order valence-electron chi connectivity index (χ0n) is 15.9. The maximum absolute atomic E-state index is 12.6. The molecule has 1 heterocycles. The molecule has 0 radical (unpaired) electrons. The minimum absolute atomic E-state index is 0.141. The molecule has 1 aromatic heterocycles. The molecule has 0 saturated carbocycles. The molecule has 152 valence electrons. The van der Waals surface area contributed by atoms with Crippen molar-refractivity contribution in [1.29, 1.82) is 5.26 Å². The van der Waals surface area contributed by atoms with Crippen molar-refractivity contribution in [2.24, 2.45) is 0 Å². The van der Waals surface area contributed by atoms with Crippen LogP contribution < -0.4 is 10.1 Å². The number of rotatable bonds is 5. The maximum atomic E-state index is 12.6. The molecule has 0 bridgehead atoms. The van der Waals surface area contributed by atoms with E-state index in [9.17, 15) is 10.1 Å². The van der Waals surface area contributed by atoms with Crippen LogP contribution in [0, 0.1) is 18.3 Å². The summed E-state index contributed by atoms with van der Waals surface area (Å²) in [6.45, 7) is 1.73. The highest BCUT2D eigenvalue weighted by atomic mass is 35.5. The molecule has 0 spiro atoms. The van der Waals surface area contributed by atoms with E-state index in [4.69, 9.17) is 39.5 Å². The first kappa shape index (κ1) is 21.7. The Kier molecular flexibility index (Phi) is 6.68. The van der Waals surface area contributed by atoms with Gasteiger partial charge in [-0.2, -0.15) is 10.4 Å². The Morgan fingerprint density at radius 2 is 2.00 bits per heavy atom. The average molecular weight is 462 g/mol. The van der Waals surface area contributed by atoms with Crippen LogP contribution in [0.1, 0.15) is 11.3 Å². The molecular formula is C21H15Cl3N4O2. The first-order valence-electron chi connectivity index (χ1n) is 8.61. The van der Waals surface area contributed by atoms with E-state index >= 15 is 0 Å². The lowest BCUT2D eigenvalue weighted by Crippen LogP contribution is -2.13. The van der Waals surface area contributed by atoms with Crippen molar-refractivity contribution in [3.05, 3.63) is 74.5 Å². The van der Waals surface area contributed by atoms with Gasteiger partial charge in [0.25, 0.3) is 5.91 Å². The summed E-state index contributed by atoms with van der Waals surface area (Å²) in [5.74, 6) is -0.133. The second-order valence-electron chi connectivity index (χ2n) is 6.15. The fraction of sp³-hybridized carbons (Fsp3) is 0.0952. The summed E-state index contributed by atoms with van der Waals surface area (Å²) < 4.78 is 6.58. The summed E-state index contributed by atoms with van der Waals surface area (Å²) in [6, 6.07) is 13.7. The topological polar surface area (TPSA) is 79.9 Å². The third kappa shape index (κ3) is 4.60. The van der Waals surface area contributed by atoms with Crippen LogP contribution >= 0.6 is 34.8 Å². The predicted octanol–water partition coefficient (Wildman–Crippen LogP) is 5.70. The van der Waals surface area contributed by atoms with E-state index in [0.29, 0.717) is 38.4 Å². The number of ether oxygens (including phenoxy) is 1. The minimum Gasteiger partial charge on any atom is -0.495 e. The molecule has 1 N–H and O–H groups in total. The number of nitrogens with one attached hydrogen (secondary N) is 1. The summed E-state index contributed by atoms with van der Waals surface area (Å²) in [5.41, 5.74) is 1.94. The van der Waals surface area contributed by atoms with Crippen molar-refractivity contribution in [3.8, 4) is 17.5 Å². The monoisotopic (exact) mass is 460 g/mol. The van der Waals surface area contributed by atoms with Crippen molar-refractivity contribution < 1.29 is 9.53 Å². The number of methoxy groups -OCH3 is 1. The van der Waals surface area contributed by atoms with Gasteiger partial charge in [-0.3, -0.25) is 4.79 Å². The fourth-order valence-corrected chi connectivity index (χ4v) is 3.46. The van der Waals surface area contributed by atoms with Gasteiger partial charge in [0, 0.05) is 16.3 Å². The number of nitrogens with zero attached hydrogens (tertiary/aromatic N) is 3. The van der Waals surface area contributed by atoms with Crippen molar-refractivity contribution in [1.82, 2.24) is 9.78 Å². The van der Waals surface area contributed by atoms with E-state index in [2.05, 4.69) is 10.4 Å². The normalized spacial score (nSPS) is 11.1. The highest BCUT2D eigenvalue weighted by Crippen LogP contribution is 2.29. The van der Waals surface area contributed by atoms with E-state index < -0.39 is 5.91 Å². The number of aromatic nitrogens is 2. The Hall–Kier alpha value is -2.98. The smallest absolute Gasteiger partial charge is 0.266 e. The second-order valence-corrected chi connectivity index (χ2v) is 7.36. The molecule has 3 rings (SSSR count). The van der Waals surface area contributed by atoms with Crippen LogP contribution in [0.25, 0.3) is 11.8 Å². The Bertz CT molecular complexity index is 1200. The van der Waals surface area contributed by atoms with Gasteiger partial charge in [-0.25, -0.2) is 4.68 Å². The molecule has 0 aliphatic carbocycles. The number of hydrogen-bond donors (Lipinski definition) is 1. The van der Waals surface area contributed by atoms with Gasteiger partial charge in [-0.1, -0.05) is 40.9 Å². The van der Waals surface area contributed by atoms with Gasteiger partial charge < -0.3 is 10.1 Å². The summed E-state index contributed by atoms with van der Waals surface area (Å²) in [7, 11) is 1.49. The van der Waals surface area contributed by atoms with Crippen LogP contribution in [-0.4, -0.2) is 22.8 Å². The molecule has 3 aromatic rings. The zero-order chi connectivity index (χ0) is 21.8. The van der Waals surface area contributed by atoms with Gasteiger partial charge in [0.1, 0.15) is 22.5 Å². The molecule has 0 saturated heterocycles. The lowest BCUT2D eigenvalue weighted by molar-refractivity contribution is -0.112. The fourth-order valence-electron chi connectivity index (χ4n) is 2.69. The van der Waals surface area contributed by atoms with Crippen LogP contribution in [0.2, 0.25) is 15.2 Å². The van der Waals surface area contributed by atoms with Crippen molar-refractivity contribution >= 4 is 52.5 Å². The highest BCUT2D eigenvalue weighted by molar-refractivity contribution is 6.33. The molecule has 0 fully saturated rings. The number of amides is 1. The quantitative estimate of drug-likeness (QED) is 0.391. The van der Waals surface area contributed by atoms with E-state index in [-0.39, 0.29) is 10.7 Å². The van der Waals surface area contributed by atoms with Crippen LogP contribution in [0.4, 0.5) is 5.69 Å². The number of carbonyl (C=O) groups excluding carboxylic acids is 1. The first-order chi connectivity index (χ1) is 14.3. The molecule has 0 aliphatic rings. The van der Waals surface area contributed by atoms with Crippen LogP contribution in [0.15, 0.2) is 48.0 Å². The Morgan fingerprint density at radius 3 is 2.63 bits per heavy atom. The van der Waals surface area contributed by atoms with Crippen LogP contribution in [-0.2, 0) is 4.79 Å². The largest absolute Gasteiger partial charge is 0.495 e. The Balaban J connectivity index is 1.92. The van der Waals surface area contributed by atoms with Crippen LogP contribution in [0.5, 0.6) is 5.75 Å². The number of nitriles is 1. The maximum Gasteiger partial charge on any atom is 0.266 e. The molecule has 1 amide bonds. The third-order valence-corrected chi connectivity index (χ3v) is 5.06. The first-order valence-corrected chi connectivity index (χ1v) is 9.75. The van der Waals surface area contributed by atoms with Gasteiger partial charge in [0.2, 0.25) is 0 Å². The lowest BCUT2D eigenvalue weighted by Gasteiger charge is -2.07. The molecular weight excluding hydrogens is 447 g/mol. The summed E-state index contributed by atoms with van der Waals surface area (Å²) in [4.78, 5) is 12.6. The number of carbonyl (C=O) groups is 1. The van der Waals surface area contributed by atoms with E-state index in [1.165, 1.54) is 23.9 Å². The molecule has 0 unspecified atom stereocenters. The van der Waals surface area contributed by atoms with Gasteiger partial charge in [0.05, 0.1) is 23.5 Å². The standard InChI is InChI=1S/C21H15Cl3N4O2/c1-12-17(20(24)28(27-12)16-5-3-4-14(22)9-16)8-13(11-25)21(29)26-15-6-7-19(30-2)18(23)10-15/h3-10H,1-2H3,(H,26,29). The molecule has 30 heavy (non-hydrogen) atoms. The van der Waals surface area contributed by atoms with Crippen molar-refractivity contribution in [3.63, 3.8) is 0 Å². The molecule has 0 aliphatic heterocycles. The highest BCUT2D eigenvalue weighted by Gasteiger charge is 2.17. The molecule has 0 atom stereocenters. The summed E-state index contributed by atoms with van der Waals surface area (Å²) in [6.07, 6.45) is 1.40. The number of anilines is 1. The molecule has 6 nitrogen and oxygen atoms in total. The summed E-state index contributed by atoms with van der Waals surface area (Å²) >= 11 is 18.6. The lowest BCUT2D eigenvalue weighted by atomic mass is 10.1. The second kappa shape index (κ2) is 9.23. The third-order valence-electron chi connectivity index (χ3n) is 4.16. The average Bonchev–Trinajstić information content (AvgIpc) is 3.00. The Labute approximate surface area is 188 Å². The van der Waals surface area contributed by atoms with Gasteiger partial charge in [0.15, 0.2) is 0 Å². The zero-order valence-corrected chi connectivity index (χ0v) is 18.2. The van der Waals surface area contributed by atoms with Crippen molar-refractivity contribution in [2.45, 2.75) is 6.92 Å². The number of aryl methyl sites for hydroxylation is 1. The van der Waals surface area contributed by atoms with Gasteiger partial charge >= 0.3 is 0 Å². The van der Waals surface area contributed by atoms with Gasteiger partial charge in [-0.05, 0) is 49.4 Å². The number of benzene rings is 2.